The molecule has 19 heavy (non-hydrogen) atoms. The van der Waals surface area contributed by atoms with E-state index in [4.69, 9.17) is 15.3 Å². The first kappa shape index (κ1) is 28.0. The third-order valence-corrected chi connectivity index (χ3v) is 1.65. The van der Waals surface area contributed by atoms with Crippen molar-refractivity contribution in [1.29, 1.82) is 0 Å². The van der Waals surface area contributed by atoms with Crippen molar-refractivity contribution in [3.63, 3.8) is 0 Å². The molecule has 3 N–H and O–H groups in total. The van der Waals surface area contributed by atoms with Gasteiger partial charge in [-0.1, -0.05) is 0 Å². The van der Waals surface area contributed by atoms with Crippen LogP contribution in [0.15, 0.2) is 0 Å². The fraction of sp³-hybridized carbons (Fsp3) is 0.667. The SMILES string of the molecule is O=C(O)CCS.O=C(O)CCS.O=C(O)CCS.[Tb]. The fourth-order valence-electron chi connectivity index (χ4n) is 0.287. The van der Waals surface area contributed by atoms with Crippen LogP contribution in [-0.4, -0.2) is 50.5 Å². The Balaban J connectivity index is -0.0000000865. The van der Waals surface area contributed by atoms with Crippen LogP contribution in [-0.2, 0) is 14.4 Å². The molecular formula is C9H18O6S3Tb. The molecule has 0 aromatic carbocycles. The molecule has 0 rings (SSSR count). The molecule has 0 aromatic rings. The maximum absolute atomic E-state index is 9.55. The summed E-state index contributed by atoms with van der Waals surface area (Å²) in [4.78, 5) is 28.7. The summed E-state index contributed by atoms with van der Waals surface area (Å²) in [5, 5.41) is 23.6. The van der Waals surface area contributed by atoms with E-state index >= 15 is 0 Å². The molecule has 0 aliphatic heterocycles. The Bertz CT molecular complexity index is 202. The topological polar surface area (TPSA) is 112 Å². The first-order valence-electron chi connectivity index (χ1n) is 4.79. The Hall–Kier alpha value is 0.746. The molecule has 1 radical (unpaired) electrons. The van der Waals surface area contributed by atoms with Crippen LogP contribution in [0, 0.1) is 38.6 Å². The molecule has 6 nitrogen and oxygen atoms in total. The van der Waals surface area contributed by atoms with E-state index in [9.17, 15) is 14.4 Å². The molecule has 0 unspecified atom stereocenters. The summed E-state index contributed by atoms with van der Waals surface area (Å²) in [5.74, 6) is -1.08. The van der Waals surface area contributed by atoms with Gasteiger partial charge in [0.05, 0.1) is 19.3 Å². The minimum atomic E-state index is -0.787. The van der Waals surface area contributed by atoms with E-state index in [0.29, 0.717) is 17.3 Å². The monoisotopic (exact) mass is 477 g/mol. The van der Waals surface area contributed by atoms with Crippen molar-refractivity contribution in [2.24, 2.45) is 0 Å². The van der Waals surface area contributed by atoms with Gasteiger partial charge in [0, 0.05) is 55.9 Å². The average Bonchev–Trinajstić information content (AvgIpc) is 2.18. The number of thiol groups is 3. The van der Waals surface area contributed by atoms with E-state index < -0.39 is 17.9 Å². The number of rotatable bonds is 6. The van der Waals surface area contributed by atoms with E-state index in [1.54, 1.807) is 0 Å². The first-order chi connectivity index (χ1) is 8.31. The number of carboxylic acid groups (broad SMARTS) is 3. The molecule has 0 aliphatic carbocycles. The van der Waals surface area contributed by atoms with E-state index in [1.807, 2.05) is 0 Å². The maximum atomic E-state index is 9.55. The van der Waals surface area contributed by atoms with Gasteiger partial charge >= 0.3 is 17.9 Å². The summed E-state index contributed by atoms with van der Waals surface area (Å²) in [7, 11) is 0. The van der Waals surface area contributed by atoms with Gasteiger partial charge in [-0.15, -0.1) is 0 Å². The number of hydrogen-bond donors (Lipinski definition) is 6. The second-order valence-electron chi connectivity index (χ2n) is 2.60. The molecule has 10 heteroatoms. The van der Waals surface area contributed by atoms with Gasteiger partial charge in [-0.05, 0) is 0 Å². The van der Waals surface area contributed by atoms with Crippen LogP contribution in [0.2, 0.25) is 0 Å². The van der Waals surface area contributed by atoms with Gasteiger partial charge in [-0.3, -0.25) is 14.4 Å². The molecule has 0 spiro atoms. The van der Waals surface area contributed by atoms with Crippen LogP contribution in [0.3, 0.4) is 0 Å². The molecular weight excluding hydrogens is 459 g/mol. The summed E-state index contributed by atoms with van der Waals surface area (Å²) in [6, 6.07) is 0. The van der Waals surface area contributed by atoms with E-state index in [2.05, 4.69) is 37.9 Å². The summed E-state index contributed by atoms with van der Waals surface area (Å²) < 4.78 is 0. The summed E-state index contributed by atoms with van der Waals surface area (Å²) in [5.41, 5.74) is 0. The third-order valence-electron chi connectivity index (χ3n) is 0.977. The molecule has 0 amide bonds. The maximum Gasteiger partial charge on any atom is 0.304 e. The first-order valence-corrected chi connectivity index (χ1v) is 6.69. The third kappa shape index (κ3) is 55.3. The average molecular weight is 477 g/mol. The van der Waals surface area contributed by atoms with Crippen LogP contribution in [0.5, 0.6) is 0 Å². The standard InChI is InChI=1S/3C3H6O2S.Tb/c3*4-3(5)1-2-6;/h3*6H,1-2H2,(H,4,5);. The Labute approximate surface area is 159 Å². The Morgan fingerprint density at radius 2 is 0.789 bits per heavy atom. The predicted molar refractivity (Wildman–Crippen MR) is 78.3 cm³/mol. The summed E-state index contributed by atoms with van der Waals surface area (Å²) in [6.07, 6.45) is 0.468. The van der Waals surface area contributed by atoms with Crippen molar-refractivity contribution >= 4 is 55.8 Å². The largest absolute Gasteiger partial charge is 0.481 e. The van der Waals surface area contributed by atoms with Crippen molar-refractivity contribution in [2.45, 2.75) is 19.3 Å². The van der Waals surface area contributed by atoms with E-state index in [1.165, 1.54) is 0 Å². The van der Waals surface area contributed by atoms with Crippen molar-refractivity contribution < 1.29 is 68.3 Å². The van der Waals surface area contributed by atoms with Crippen LogP contribution in [0.25, 0.3) is 0 Å². The molecule has 0 saturated heterocycles. The van der Waals surface area contributed by atoms with Gasteiger partial charge in [0.25, 0.3) is 0 Å². The minimum absolute atomic E-state index is 0. The van der Waals surface area contributed by atoms with Gasteiger partial charge in [0.1, 0.15) is 0 Å². The zero-order valence-electron chi connectivity index (χ0n) is 9.98. The molecule has 0 bridgehead atoms. The zero-order valence-corrected chi connectivity index (χ0v) is 14.8. The molecule has 117 valence electrons. The summed E-state index contributed by atoms with van der Waals surface area (Å²) >= 11 is 11.0. The minimum Gasteiger partial charge on any atom is -0.481 e. The van der Waals surface area contributed by atoms with Gasteiger partial charge in [-0.25, -0.2) is 0 Å². The van der Waals surface area contributed by atoms with Gasteiger partial charge in [0.2, 0.25) is 0 Å². The number of hydrogen-bond acceptors (Lipinski definition) is 6. The van der Waals surface area contributed by atoms with Gasteiger partial charge in [0.15, 0.2) is 0 Å². The van der Waals surface area contributed by atoms with Crippen molar-refractivity contribution in [1.82, 2.24) is 0 Å². The van der Waals surface area contributed by atoms with Crippen molar-refractivity contribution in [2.75, 3.05) is 17.3 Å². The molecule has 0 atom stereocenters. The van der Waals surface area contributed by atoms with Crippen LogP contribution >= 0.6 is 37.9 Å². The molecule has 0 fully saturated rings. The summed E-state index contributed by atoms with van der Waals surface area (Å²) in [6.45, 7) is 0. The van der Waals surface area contributed by atoms with Crippen molar-refractivity contribution in [3.8, 4) is 0 Å². The predicted octanol–water partition coefficient (Wildman–Crippen LogP) is 1.17. The smallest absolute Gasteiger partial charge is 0.304 e. The second-order valence-corrected chi connectivity index (χ2v) is 3.94. The number of aliphatic carboxylic acids is 3. The van der Waals surface area contributed by atoms with E-state index in [0.717, 1.165) is 0 Å². The molecule has 0 saturated carbocycles. The van der Waals surface area contributed by atoms with Crippen LogP contribution in [0.4, 0.5) is 0 Å². The van der Waals surface area contributed by atoms with Gasteiger partial charge < -0.3 is 15.3 Å². The zero-order chi connectivity index (χ0) is 15.0. The Morgan fingerprint density at radius 3 is 0.789 bits per heavy atom. The number of carboxylic acids is 3. The number of carbonyl (C=O) groups is 3. The Morgan fingerprint density at radius 1 is 0.632 bits per heavy atom. The Kier molecular flexibility index (Phi) is 35.1. The second kappa shape index (κ2) is 23.8. The van der Waals surface area contributed by atoms with Crippen molar-refractivity contribution in [3.05, 3.63) is 0 Å². The van der Waals surface area contributed by atoms with Crippen LogP contribution in [0.1, 0.15) is 19.3 Å². The fourth-order valence-corrected chi connectivity index (χ4v) is 0.861. The normalized spacial score (nSPS) is 7.74. The molecule has 0 aromatic heterocycles. The quantitative estimate of drug-likeness (QED) is 0.321. The molecule has 0 aliphatic rings. The van der Waals surface area contributed by atoms with Gasteiger partial charge in [-0.2, -0.15) is 37.9 Å². The van der Waals surface area contributed by atoms with Crippen LogP contribution < -0.4 is 0 Å². The van der Waals surface area contributed by atoms with E-state index in [-0.39, 0.29) is 57.9 Å². The molecule has 0 heterocycles.